The van der Waals surface area contributed by atoms with Gasteiger partial charge in [-0.2, -0.15) is 13.5 Å². The Morgan fingerprint density at radius 1 is 0.829 bits per heavy atom. The number of nitrogens with one attached hydrogen (secondary N) is 1. The maximum absolute atomic E-state index is 12.8. The Balaban J connectivity index is 1.51. The Kier molecular flexibility index (Phi) is 6.38. The molecule has 0 unspecified atom stereocenters. The number of hydrogen-bond acceptors (Lipinski definition) is 9. The van der Waals surface area contributed by atoms with Gasteiger partial charge in [0.05, 0.1) is 22.1 Å². The van der Waals surface area contributed by atoms with Gasteiger partial charge in [-0.1, -0.05) is 42.5 Å². The average molecular weight is 492 g/mol. The van der Waals surface area contributed by atoms with Gasteiger partial charge in [-0.15, -0.1) is 0 Å². The highest BCUT2D eigenvalue weighted by atomic mass is 32.2. The Morgan fingerprint density at radius 2 is 1.60 bits per heavy atom. The number of hydrogen-bond donors (Lipinski definition) is 1. The quantitative estimate of drug-likeness (QED) is 0.158. The van der Waals surface area contributed by atoms with Crippen LogP contribution in [0.4, 0.5) is 17.1 Å². The first-order chi connectivity index (χ1) is 16.7. The summed E-state index contributed by atoms with van der Waals surface area (Å²) in [6.45, 7) is 0. The number of fused-ring (bicyclic) bond motifs is 1. The minimum absolute atomic E-state index is 0.00224. The van der Waals surface area contributed by atoms with Gasteiger partial charge in [-0.3, -0.25) is 25.7 Å². The van der Waals surface area contributed by atoms with Crippen molar-refractivity contribution in [2.24, 2.45) is 5.10 Å². The van der Waals surface area contributed by atoms with Crippen LogP contribution >= 0.6 is 0 Å². The third kappa shape index (κ3) is 5.39. The van der Waals surface area contributed by atoms with Crippen molar-refractivity contribution in [3.05, 3.63) is 111 Å². The van der Waals surface area contributed by atoms with Crippen LogP contribution in [-0.2, 0) is 10.1 Å². The number of nitrogens with zero attached hydrogens (tertiary/aromatic N) is 3. The Hall–Kier alpha value is -4.84. The van der Waals surface area contributed by atoms with E-state index in [0.29, 0.717) is 5.56 Å². The molecule has 0 spiro atoms. The lowest BCUT2D eigenvalue weighted by molar-refractivity contribution is -0.393. The third-order valence-electron chi connectivity index (χ3n) is 4.86. The number of nitro benzene ring substituents is 2. The molecule has 0 aliphatic rings. The first-order valence-electron chi connectivity index (χ1n) is 9.98. The molecule has 0 radical (unpaired) electrons. The Bertz CT molecular complexity index is 1590. The van der Waals surface area contributed by atoms with Crippen molar-refractivity contribution >= 4 is 44.2 Å². The second kappa shape index (κ2) is 9.57. The van der Waals surface area contributed by atoms with E-state index < -0.39 is 31.3 Å². The fraction of sp³-hybridized carbons (Fsp3) is 0. The molecule has 12 heteroatoms. The number of benzene rings is 4. The predicted octanol–water partition coefficient (Wildman–Crippen LogP) is 4.87. The maximum atomic E-state index is 12.8. The smallest absolute Gasteiger partial charge is 0.339 e. The number of non-ortho nitro benzene ring substituents is 1. The van der Waals surface area contributed by atoms with Gasteiger partial charge in [0.15, 0.2) is 0 Å². The Morgan fingerprint density at radius 3 is 2.34 bits per heavy atom. The molecule has 0 atom stereocenters. The van der Waals surface area contributed by atoms with Crippen molar-refractivity contribution in [3.8, 4) is 5.75 Å². The van der Waals surface area contributed by atoms with E-state index in [1.807, 2.05) is 18.2 Å². The van der Waals surface area contributed by atoms with Gasteiger partial charge in [0.25, 0.3) is 5.69 Å². The highest BCUT2D eigenvalue weighted by Gasteiger charge is 2.19. The number of anilines is 1. The number of rotatable bonds is 8. The van der Waals surface area contributed by atoms with Crippen LogP contribution in [0.1, 0.15) is 5.56 Å². The normalized spacial score (nSPS) is 11.4. The van der Waals surface area contributed by atoms with E-state index in [1.54, 1.807) is 24.3 Å². The average Bonchev–Trinajstić information content (AvgIpc) is 2.83. The van der Waals surface area contributed by atoms with Crippen molar-refractivity contribution in [1.29, 1.82) is 0 Å². The molecule has 35 heavy (non-hydrogen) atoms. The first-order valence-corrected chi connectivity index (χ1v) is 11.4. The van der Waals surface area contributed by atoms with Crippen molar-refractivity contribution in [2.45, 2.75) is 4.90 Å². The molecule has 1 N–H and O–H groups in total. The van der Waals surface area contributed by atoms with E-state index in [1.165, 1.54) is 36.5 Å². The molecule has 11 nitrogen and oxygen atoms in total. The molecular weight excluding hydrogens is 476 g/mol. The zero-order chi connectivity index (χ0) is 25.0. The Labute approximate surface area is 198 Å². The summed E-state index contributed by atoms with van der Waals surface area (Å²) in [7, 11) is -4.10. The highest BCUT2D eigenvalue weighted by Crippen LogP contribution is 2.29. The summed E-state index contributed by atoms with van der Waals surface area (Å²) in [5.74, 6) is 0.0448. The molecule has 4 aromatic carbocycles. The molecule has 0 fully saturated rings. The minimum Gasteiger partial charge on any atom is -0.379 e. The molecule has 0 bridgehead atoms. The molecule has 0 saturated carbocycles. The van der Waals surface area contributed by atoms with Crippen LogP contribution in [0.3, 0.4) is 0 Å². The zero-order valence-electron chi connectivity index (χ0n) is 17.8. The van der Waals surface area contributed by atoms with Gasteiger partial charge in [0.2, 0.25) is 0 Å². The van der Waals surface area contributed by atoms with E-state index in [-0.39, 0.29) is 16.3 Å². The van der Waals surface area contributed by atoms with Crippen molar-refractivity contribution in [3.63, 3.8) is 0 Å². The fourth-order valence-electron chi connectivity index (χ4n) is 3.20. The largest absolute Gasteiger partial charge is 0.379 e. The van der Waals surface area contributed by atoms with E-state index >= 15 is 0 Å². The standard InChI is InChI=1S/C23H16N4O7S/c28-26(29)19-9-11-22(23(14-19)27(30)31)25-24-15-16-4-3-7-20(12-16)34-35(32,33)21-10-8-17-5-1-2-6-18(17)13-21/h1-15,25H/b24-15-. The molecule has 4 rings (SSSR count). The zero-order valence-corrected chi connectivity index (χ0v) is 18.6. The summed E-state index contributed by atoms with van der Waals surface area (Å²) in [6.07, 6.45) is 1.29. The SMILES string of the molecule is O=[N+]([O-])c1ccc(N/N=C\c2cccc(OS(=O)(=O)c3ccc4ccccc4c3)c2)c([N+](=O)[O-])c1. The van der Waals surface area contributed by atoms with Crippen LogP contribution in [0, 0.1) is 20.2 Å². The maximum Gasteiger partial charge on any atom is 0.339 e. The lowest BCUT2D eigenvalue weighted by atomic mass is 10.1. The van der Waals surface area contributed by atoms with Gasteiger partial charge in [0, 0.05) is 6.07 Å². The molecule has 0 heterocycles. The number of nitro groups is 2. The van der Waals surface area contributed by atoms with Gasteiger partial charge in [-0.05, 0) is 46.7 Å². The summed E-state index contributed by atoms with van der Waals surface area (Å²) >= 11 is 0. The molecule has 0 aromatic heterocycles. The summed E-state index contributed by atoms with van der Waals surface area (Å²) < 4.78 is 30.8. The first kappa shape index (κ1) is 23.3. The minimum atomic E-state index is -4.10. The molecular formula is C23H16N4O7S. The second-order valence-corrected chi connectivity index (χ2v) is 8.75. The van der Waals surface area contributed by atoms with Crippen molar-refractivity contribution < 1.29 is 22.4 Å². The van der Waals surface area contributed by atoms with E-state index in [2.05, 4.69) is 10.5 Å². The highest BCUT2D eigenvalue weighted by molar-refractivity contribution is 7.87. The van der Waals surface area contributed by atoms with Crippen LogP contribution in [-0.4, -0.2) is 24.5 Å². The molecule has 4 aromatic rings. The monoisotopic (exact) mass is 492 g/mol. The van der Waals surface area contributed by atoms with Gasteiger partial charge in [0.1, 0.15) is 16.3 Å². The van der Waals surface area contributed by atoms with Crippen LogP contribution < -0.4 is 9.61 Å². The second-order valence-electron chi connectivity index (χ2n) is 7.20. The van der Waals surface area contributed by atoms with E-state index in [9.17, 15) is 28.6 Å². The fourth-order valence-corrected chi connectivity index (χ4v) is 4.16. The van der Waals surface area contributed by atoms with Crippen LogP contribution in [0.25, 0.3) is 10.8 Å². The third-order valence-corrected chi connectivity index (χ3v) is 6.10. The topological polar surface area (TPSA) is 154 Å². The summed E-state index contributed by atoms with van der Waals surface area (Å²) in [5.41, 5.74) is 1.91. The van der Waals surface area contributed by atoms with Gasteiger partial charge >= 0.3 is 15.8 Å². The van der Waals surface area contributed by atoms with Gasteiger partial charge < -0.3 is 4.18 Å². The van der Waals surface area contributed by atoms with Crippen LogP contribution in [0.15, 0.2) is 94.9 Å². The lowest BCUT2D eigenvalue weighted by Gasteiger charge is -2.08. The lowest BCUT2D eigenvalue weighted by Crippen LogP contribution is -2.09. The van der Waals surface area contributed by atoms with Crippen molar-refractivity contribution in [1.82, 2.24) is 0 Å². The van der Waals surface area contributed by atoms with Gasteiger partial charge in [-0.25, -0.2) is 0 Å². The number of hydrazone groups is 1. The molecule has 0 saturated heterocycles. The molecule has 0 aliphatic heterocycles. The summed E-state index contributed by atoms with van der Waals surface area (Å²) in [4.78, 5) is 20.6. The molecule has 0 aliphatic carbocycles. The molecule has 176 valence electrons. The molecule has 0 amide bonds. The van der Waals surface area contributed by atoms with E-state index in [4.69, 9.17) is 4.18 Å². The van der Waals surface area contributed by atoms with Crippen molar-refractivity contribution in [2.75, 3.05) is 5.43 Å². The predicted molar refractivity (Wildman–Crippen MR) is 129 cm³/mol. The van der Waals surface area contributed by atoms with E-state index in [0.717, 1.165) is 22.9 Å². The van der Waals surface area contributed by atoms with Crippen LogP contribution in [0.2, 0.25) is 0 Å². The van der Waals surface area contributed by atoms with Crippen LogP contribution in [0.5, 0.6) is 5.75 Å². The summed E-state index contributed by atoms with van der Waals surface area (Å²) in [5, 5.41) is 27.6. The summed E-state index contributed by atoms with van der Waals surface area (Å²) in [6, 6.07) is 21.2.